The van der Waals surface area contributed by atoms with Crippen LogP contribution in [0.4, 0.5) is 0 Å². The average molecular weight is 338 g/mol. The van der Waals surface area contributed by atoms with Crippen molar-refractivity contribution in [1.29, 1.82) is 0 Å². The van der Waals surface area contributed by atoms with Gasteiger partial charge in [-0.3, -0.25) is 0 Å². The molecule has 0 saturated heterocycles. The van der Waals surface area contributed by atoms with Gasteiger partial charge in [-0.25, -0.2) is 4.79 Å². The number of carbonyl (C=O) groups excluding carboxylic acids is 1. The minimum Gasteiger partial charge on any atom is -0.422 e. The van der Waals surface area contributed by atoms with Crippen LogP contribution in [0.2, 0.25) is 0 Å². The van der Waals surface area contributed by atoms with Crippen molar-refractivity contribution in [3.63, 3.8) is 0 Å². The molecule has 2 heteroatoms. The second kappa shape index (κ2) is 5.43. The fourth-order valence-electron chi connectivity index (χ4n) is 4.15. The Labute approximate surface area is 152 Å². The highest BCUT2D eigenvalue weighted by Crippen LogP contribution is 2.42. The molecule has 0 saturated carbocycles. The number of rotatable bonds is 1. The van der Waals surface area contributed by atoms with Crippen LogP contribution in [0, 0.1) is 13.8 Å². The topological polar surface area (TPSA) is 26.3 Å². The summed E-state index contributed by atoms with van der Waals surface area (Å²) in [5.74, 6) is 0.401. The van der Waals surface area contributed by atoms with Crippen LogP contribution in [0.15, 0.2) is 66.2 Å². The molecule has 2 nitrogen and oxygen atoms in total. The standard InChI is InChI=1S/C24H18O2/c1-14-9-10-18(15(2)11-14)22-13-21(24(25)26-22)20-12-17-7-3-5-16-6-4-8-19(20)23(16)17/h3-11,13H,12H2,1-2H3. The molecule has 5 rings (SSSR count). The molecule has 0 fully saturated rings. The summed E-state index contributed by atoms with van der Waals surface area (Å²) in [7, 11) is 0. The van der Waals surface area contributed by atoms with Crippen molar-refractivity contribution < 1.29 is 9.53 Å². The molecule has 2 aliphatic rings. The molecular weight excluding hydrogens is 320 g/mol. The molecule has 0 amide bonds. The maximum Gasteiger partial charge on any atom is 0.344 e. The summed E-state index contributed by atoms with van der Waals surface area (Å²) in [5, 5.41) is 2.49. The third-order valence-electron chi connectivity index (χ3n) is 5.35. The van der Waals surface area contributed by atoms with E-state index in [-0.39, 0.29) is 5.97 Å². The first-order valence-corrected chi connectivity index (χ1v) is 8.87. The van der Waals surface area contributed by atoms with Crippen LogP contribution < -0.4 is 0 Å². The number of hydrogen-bond acceptors (Lipinski definition) is 2. The molecule has 0 spiro atoms. The number of hydrogen-bond donors (Lipinski definition) is 0. The van der Waals surface area contributed by atoms with Gasteiger partial charge in [0.2, 0.25) is 0 Å². The van der Waals surface area contributed by atoms with Crippen LogP contribution in [0.25, 0.3) is 22.1 Å². The highest BCUT2D eigenvalue weighted by Gasteiger charge is 2.30. The Hall–Kier alpha value is -3.13. The lowest BCUT2D eigenvalue weighted by atomic mass is 9.99. The highest BCUT2D eigenvalue weighted by molar-refractivity contribution is 6.13. The second-order valence-corrected chi connectivity index (χ2v) is 7.11. The minimum atomic E-state index is -0.250. The zero-order valence-electron chi connectivity index (χ0n) is 14.8. The molecule has 0 radical (unpaired) electrons. The lowest BCUT2D eigenvalue weighted by Crippen LogP contribution is -2.01. The Bertz CT molecular complexity index is 1160. The van der Waals surface area contributed by atoms with Gasteiger partial charge in [-0.1, -0.05) is 60.2 Å². The SMILES string of the molecule is Cc1ccc(C2=CC(=C3Cc4cccc5cccc3c45)C(=O)O2)c(C)c1. The van der Waals surface area contributed by atoms with E-state index >= 15 is 0 Å². The van der Waals surface area contributed by atoms with Crippen LogP contribution in [0.5, 0.6) is 0 Å². The van der Waals surface area contributed by atoms with Gasteiger partial charge in [-0.05, 0) is 59.4 Å². The van der Waals surface area contributed by atoms with Crippen LogP contribution in [-0.2, 0) is 16.0 Å². The molecule has 1 aliphatic carbocycles. The van der Waals surface area contributed by atoms with Crippen LogP contribution in [0.1, 0.15) is 27.8 Å². The van der Waals surface area contributed by atoms with E-state index in [2.05, 4.69) is 49.4 Å². The van der Waals surface area contributed by atoms with Gasteiger partial charge in [0.15, 0.2) is 0 Å². The van der Waals surface area contributed by atoms with Crippen molar-refractivity contribution >= 4 is 28.1 Å². The quantitative estimate of drug-likeness (QED) is 0.441. The van der Waals surface area contributed by atoms with Crippen molar-refractivity contribution in [2.24, 2.45) is 0 Å². The third-order valence-corrected chi connectivity index (χ3v) is 5.35. The van der Waals surface area contributed by atoms with E-state index in [9.17, 15) is 4.79 Å². The predicted octanol–water partition coefficient (Wildman–Crippen LogP) is 5.36. The van der Waals surface area contributed by atoms with Crippen LogP contribution in [-0.4, -0.2) is 5.97 Å². The van der Waals surface area contributed by atoms with Crippen molar-refractivity contribution in [3.8, 4) is 0 Å². The number of aryl methyl sites for hydroxylation is 2. The van der Waals surface area contributed by atoms with Gasteiger partial charge in [0, 0.05) is 5.56 Å². The Balaban J connectivity index is 1.68. The largest absolute Gasteiger partial charge is 0.422 e. The van der Waals surface area contributed by atoms with Gasteiger partial charge < -0.3 is 4.74 Å². The summed E-state index contributed by atoms with van der Waals surface area (Å²) in [5.41, 5.74) is 7.49. The molecule has 3 aromatic carbocycles. The molecular formula is C24H18O2. The molecule has 0 atom stereocenters. The first-order valence-electron chi connectivity index (χ1n) is 8.87. The molecule has 0 aromatic heterocycles. The summed E-state index contributed by atoms with van der Waals surface area (Å²) in [6, 6.07) is 18.8. The van der Waals surface area contributed by atoms with Gasteiger partial charge >= 0.3 is 5.97 Å². The van der Waals surface area contributed by atoms with E-state index in [1.54, 1.807) is 0 Å². The summed E-state index contributed by atoms with van der Waals surface area (Å²) in [4.78, 5) is 12.7. The van der Waals surface area contributed by atoms with Crippen molar-refractivity contribution in [3.05, 3.63) is 94.1 Å². The Kier molecular flexibility index (Phi) is 3.17. The summed E-state index contributed by atoms with van der Waals surface area (Å²) < 4.78 is 5.65. The van der Waals surface area contributed by atoms with Crippen molar-refractivity contribution in [1.82, 2.24) is 0 Å². The molecule has 1 aliphatic heterocycles. The lowest BCUT2D eigenvalue weighted by molar-refractivity contribution is -0.130. The van der Waals surface area contributed by atoms with Gasteiger partial charge in [0.05, 0.1) is 5.57 Å². The molecule has 0 unspecified atom stereocenters. The van der Waals surface area contributed by atoms with Gasteiger partial charge in [-0.15, -0.1) is 0 Å². The number of ether oxygens (including phenoxy) is 1. The molecule has 126 valence electrons. The number of esters is 1. The van der Waals surface area contributed by atoms with E-state index in [4.69, 9.17) is 4.74 Å². The van der Waals surface area contributed by atoms with E-state index in [1.807, 2.05) is 25.1 Å². The highest BCUT2D eigenvalue weighted by atomic mass is 16.5. The fourth-order valence-corrected chi connectivity index (χ4v) is 4.15. The smallest absolute Gasteiger partial charge is 0.344 e. The lowest BCUT2D eigenvalue weighted by Gasteiger charge is -2.06. The molecule has 26 heavy (non-hydrogen) atoms. The Morgan fingerprint density at radius 3 is 2.54 bits per heavy atom. The minimum absolute atomic E-state index is 0.250. The van der Waals surface area contributed by atoms with Crippen LogP contribution in [0.3, 0.4) is 0 Å². The maximum absolute atomic E-state index is 12.7. The summed E-state index contributed by atoms with van der Waals surface area (Å²) in [6.45, 7) is 4.12. The van der Waals surface area contributed by atoms with Crippen molar-refractivity contribution in [2.75, 3.05) is 0 Å². The van der Waals surface area contributed by atoms with E-state index in [0.717, 1.165) is 28.7 Å². The van der Waals surface area contributed by atoms with Gasteiger partial charge in [0.25, 0.3) is 0 Å². The zero-order valence-corrected chi connectivity index (χ0v) is 14.8. The fraction of sp³-hybridized carbons (Fsp3) is 0.125. The number of allylic oxidation sites excluding steroid dienone is 1. The molecule has 1 heterocycles. The van der Waals surface area contributed by atoms with Gasteiger partial charge in [-0.2, -0.15) is 0 Å². The zero-order chi connectivity index (χ0) is 17.8. The second-order valence-electron chi connectivity index (χ2n) is 7.11. The molecule has 3 aromatic rings. The average Bonchev–Trinajstić information content (AvgIpc) is 3.18. The van der Waals surface area contributed by atoms with E-state index in [1.165, 1.54) is 21.9 Å². The number of cyclic esters (lactones) is 1. The summed E-state index contributed by atoms with van der Waals surface area (Å²) >= 11 is 0. The van der Waals surface area contributed by atoms with Crippen molar-refractivity contribution in [2.45, 2.75) is 20.3 Å². The van der Waals surface area contributed by atoms with E-state index in [0.29, 0.717) is 11.3 Å². The molecule has 0 N–H and O–H groups in total. The Morgan fingerprint density at radius 1 is 0.923 bits per heavy atom. The summed E-state index contributed by atoms with van der Waals surface area (Å²) in [6.07, 6.45) is 2.69. The first-order chi connectivity index (χ1) is 12.6. The third kappa shape index (κ3) is 2.15. The van der Waals surface area contributed by atoms with Gasteiger partial charge in [0.1, 0.15) is 5.76 Å². The van der Waals surface area contributed by atoms with E-state index < -0.39 is 0 Å². The monoisotopic (exact) mass is 338 g/mol. The number of benzene rings is 3. The molecule has 0 bridgehead atoms. The first kappa shape index (κ1) is 15.2. The maximum atomic E-state index is 12.7. The normalized spacial score (nSPS) is 18.4. The van der Waals surface area contributed by atoms with Crippen LogP contribution >= 0.6 is 0 Å². The predicted molar refractivity (Wildman–Crippen MR) is 105 cm³/mol. The number of carbonyl (C=O) groups is 1. The Morgan fingerprint density at radius 2 is 1.73 bits per heavy atom.